The number of rotatable bonds is 10. The van der Waals surface area contributed by atoms with Gasteiger partial charge in [-0.05, 0) is 55.8 Å². The maximum atomic E-state index is 12.4. The van der Waals surface area contributed by atoms with Crippen LogP contribution in [0.5, 0.6) is 17.2 Å². The summed E-state index contributed by atoms with van der Waals surface area (Å²) in [7, 11) is 0. The van der Waals surface area contributed by atoms with Crippen LogP contribution in [0, 0.1) is 0 Å². The van der Waals surface area contributed by atoms with E-state index in [0.717, 1.165) is 11.1 Å². The monoisotopic (exact) mass is 418 g/mol. The fourth-order valence-electron chi connectivity index (χ4n) is 2.84. The highest BCUT2D eigenvalue weighted by atomic mass is 16.5. The average molecular weight is 418 g/mol. The molecule has 2 aromatic carbocycles. The molecule has 1 amide bonds. The smallest absolute Gasteiger partial charge is 0.248 e. The van der Waals surface area contributed by atoms with Crippen LogP contribution in [0.4, 0.5) is 5.69 Å². The number of nitrogens with one attached hydrogen (secondary N) is 1. The number of amides is 1. The van der Waals surface area contributed by atoms with Crippen molar-refractivity contribution in [3.8, 4) is 17.2 Å². The zero-order valence-electron chi connectivity index (χ0n) is 17.7. The fraction of sp³-hybridized carbons (Fsp3) is 0.200. The van der Waals surface area contributed by atoms with Crippen LogP contribution in [-0.4, -0.2) is 24.1 Å². The van der Waals surface area contributed by atoms with Gasteiger partial charge in [0.2, 0.25) is 5.91 Å². The number of carbonyl (C=O) groups excluding carboxylic acids is 1. The van der Waals surface area contributed by atoms with Gasteiger partial charge in [-0.1, -0.05) is 18.2 Å². The highest BCUT2D eigenvalue weighted by Gasteiger charge is 2.06. The van der Waals surface area contributed by atoms with Gasteiger partial charge in [0.05, 0.1) is 13.2 Å². The first kappa shape index (κ1) is 21.9. The summed E-state index contributed by atoms with van der Waals surface area (Å²) >= 11 is 0. The van der Waals surface area contributed by atoms with Gasteiger partial charge in [0.15, 0.2) is 11.5 Å². The summed E-state index contributed by atoms with van der Waals surface area (Å²) in [5, 5.41) is 2.85. The lowest BCUT2D eigenvalue weighted by molar-refractivity contribution is -0.111. The normalized spacial score (nSPS) is 10.6. The van der Waals surface area contributed by atoms with Crippen LogP contribution in [0.1, 0.15) is 25.0 Å². The van der Waals surface area contributed by atoms with Gasteiger partial charge in [-0.3, -0.25) is 9.78 Å². The van der Waals surface area contributed by atoms with Crippen molar-refractivity contribution >= 4 is 17.7 Å². The quantitative estimate of drug-likeness (QED) is 0.463. The van der Waals surface area contributed by atoms with Crippen LogP contribution < -0.4 is 19.5 Å². The fourth-order valence-corrected chi connectivity index (χ4v) is 2.84. The molecule has 1 aromatic heterocycles. The van der Waals surface area contributed by atoms with Crippen molar-refractivity contribution in [1.29, 1.82) is 0 Å². The average Bonchev–Trinajstić information content (AvgIpc) is 2.79. The Hall–Kier alpha value is -3.80. The van der Waals surface area contributed by atoms with Crippen molar-refractivity contribution in [1.82, 2.24) is 4.98 Å². The second kappa shape index (κ2) is 11.4. The largest absolute Gasteiger partial charge is 0.490 e. The van der Waals surface area contributed by atoms with E-state index < -0.39 is 0 Å². The number of carbonyl (C=O) groups is 1. The number of pyridine rings is 1. The first-order valence-electron chi connectivity index (χ1n) is 10.2. The maximum Gasteiger partial charge on any atom is 0.248 e. The predicted octanol–water partition coefficient (Wildman–Crippen LogP) is 5.11. The van der Waals surface area contributed by atoms with Gasteiger partial charge in [0, 0.05) is 35.8 Å². The molecule has 0 aliphatic carbocycles. The van der Waals surface area contributed by atoms with Crippen molar-refractivity contribution in [3.05, 3.63) is 84.2 Å². The lowest BCUT2D eigenvalue weighted by Gasteiger charge is -2.11. The third-order valence-corrected chi connectivity index (χ3v) is 4.22. The van der Waals surface area contributed by atoms with E-state index in [0.29, 0.717) is 42.8 Å². The zero-order valence-corrected chi connectivity index (χ0v) is 17.7. The van der Waals surface area contributed by atoms with Gasteiger partial charge in [-0.25, -0.2) is 0 Å². The number of nitrogens with zero attached hydrogens (tertiary/aromatic N) is 1. The van der Waals surface area contributed by atoms with Crippen LogP contribution in [0.15, 0.2) is 73.1 Å². The lowest BCUT2D eigenvalue weighted by Crippen LogP contribution is -2.07. The van der Waals surface area contributed by atoms with Gasteiger partial charge in [0.25, 0.3) is 0 Å². The SMILES string of the molecule is CCOc1ccc(/C=C/C(=O)Nc2cccc(OCc3cccnc3)c2)cc1OCC. The Balaban J connectivity index is 1.60. The number of hydrogen-bond acceptors (Lipinski definition) is 5. The molecule has 0 unspecified atom stereocenters. The van der Waals surface area contributed by atoms with E-state index in [4.69, 9.17) is 14.2 Å². The second-order valence-corrected chi connectivity index (χ2v) is 6.57. The molecule has 0 radical (unpaired) electrons. The minimum atomic E-state index is -0.240. The molecule has 0 atom stereocenters. The highest BCUT2D eigenvalue weighted by molar-refractivity contribution is 6.02. The third-order valence-electron chi connectivity index (χ3n) is 4.22. The topological polar surface area (TPSA) is 69.7 Å². The molecule has 0 fully saturated rings. The Morgan fingerprint density at radius 1 is 0.968 bits per heavy atom. The van der Waals surface area contributed by atoms with E-state index in [1.165, 1.54) is 6.08 Å². The highest BCUT2D eigenvalue weighted by Crippen LogP contribution is 2.29. The minimum absolute atomic E-state index is 0.240. The standard InChI is InChI=1S/C25H26N2O4/c1-3-29-23-12-10-19(15-24(23)30-4-2)11-13-25(28)27-21-8-5-9-22(16-21)31-18-20-7-6-14-26-17-20/h5-17H,3-4,18H2,1-2H3,(H,27,28)/b13-11+. The summed E-state index contributed by atoms with van der Waals surface area (Å²) in [5.41, 5.74) is 2.47. The van der Waals surface area contributed by atoms with Gasteiger partial charge in [0.1, 0.15) is 12.4 Å². The summed E-state index contributed by atoms with van der Waals surface area (Å²) in [6.45, 7) is 5.34. The summed E-state index contributed by atoms with van der Waals surface area (Å²) in [4.78, 5) is 16.4. The predicted molar refractivity (Wildman–Crippen MR) is 121 cm³/mol. The molecule has 1 N–H and O–H groups in total. The lowest BCUT2D eigenvalue weighted by atomic mass is 10.2. The molecule has 0 aliphatic heterocycles. The Bertz CT molecular complexity index is 1020. The van der Waals surface area contributed by atoms with Crippen molar-refractivity contribution in [2.45, 2.75) is 20.5 Å². The molecule has 3 aromatic rings. The molecule has 0 aliphatic rings. The Labute approximate surface area is 182 Å². The molecule has 0 saturated carbocycles. The number of benzene rings is 2. The van der Waals surface area contributed by atoms with Crippen LogP contribution in [-0.2, 0) is 11.4 Å². The molecule has 0 spiro atoms. The Morgan fingerprint density at radius 2 is 1.81 bits per heavy atom. The molecule has 0 saturated heterocycles. The van der Waals surface area contributed by atoms with Crippen LogP contribution in [0.3, 0.4) is 0 Å². The second-order valence-electron chi connectivity index (χ2n) is 6.57. The van der Waals surface area contributed by atoms with Gasteiger partial charge in [-0.2, -0.15) is 0 Å². The molecule has 31 heavy (non-hydrogen) atoms. The zero-order chi connectivity index (χ0) is 21.9. The molecule has 0 bridgehead atoms. The molecule has 6 nitrogen and oxygen atoms in total. The first-order valence-corrected chi connectivity index (χ1v) is 10.2. The van der Waals surface area contributed by atoms with Crippen molar-refractivity contribution in [3.63, 3.8) is 0 Å². The molecular weight excluding hydrogens is 392 g/mol. The van der Waals surface area contributed by atoms with Crippen molar-refractivity contribution in [2.24, 2.45) is 0 Å². The molecule has 3 rings (SSSR count). The van der Waals surface area contributed by atoms with E-state index in [1.54, 1.807) is 24.5 Å². The minimum Gasteiger partial charge on any atom is -0.490 e. The van der Waals surface area contributed by atoms with Gasteiger partial charge >= 0.3 is 0 Å². The first-order chi connectivity index (χ1) is 15.2. The van der Waals surface area contributed by atoms with Gasteiger partial charge < -0.3 is 19.5 Å². The van der Waals surface area contributed by atoms with E-state index in [2.05, 4.69) is 10.3 Å². The van der Waals surface area contributed by atoms with E-state index >= 15 is 0 Å². The Kier molecular flexibility index (Phi) is 8.05. The number of aromatic nitrogens is 1. The van der Waals surface area contributed by atoms with Gasteiger partial charge in [-0.15, -0.1) is 0 Å². The number of ether oxygens (including phenoxy) is 3. The third kappa shape index (κ3) is 6.89. The van der Waals surface area contributed by atoms with Crippen LogP contribution in [0.25, 0.3) is 6.08 Å². The number of hydrogen-bond donors (Lipinski definition) is 1. The summed E-state index contributed by atoms with van der Waals surface area (Å²) in [6.07, 6.45) is 6.69. The summed E-state index contributed by atoms with van der Waals surface area (Å²) < 4.78 is 17.0. The summed E-state index contributed by atoms with van der Waals surface area (Å²) in [6, 6.07) is 16.7. The molecule has 1 heterocycles. The number of anilines is 1. The summed E-state index contributed by atoms with van der Waals surface area (Å²) in [5.74, 6) is 1.77. The van der Waals surface area contributed by atoms with Crippen LogP contribution in [0.2, 0.25) is 0 Å². The molecule has 6 heteroatoms. The van der Waals surface area contributed by atoms with Crippen molar-refractivity contribution < 1.29 is 19.0 Å². The molecule has 160 valence electrons. The maximum absolute atomic E-state index is 12.4. The molecular formula is C25H26N2O4. The van der Waals surface area contributed by atoms with Crippen molar-refractivity contribution in [2.75, 3.05) is 18.5 Å². The van der Waals surface area contributed by atoms with E-state index in [-0.39, 0.29) is 5.91 Å². The van der Waals surface area contributed by atoms with E-state index in [9.17, 15) is 4.79 Å². The Morgan fingerprint density at radius 3 is 2.58 bits per heavy atom. The van der Waals surface area contributed by atoms with Crippen LogP contribution >= 0.6 is 0 Å². The van der Waals surface area contributed by atoms with E-state index in [1.807, 2.05) is 62.4 Å².